The number of para-hydroxylation sites is 2. The maximum atomic E-state index is 13.0. The van der Waals surface area contributed by atoms with E-state index < -0.39 is 0 Å². The van der Waals surface area contributed by atoms with Gasteiger partial charge >= 0.3 is 6.02 Å². The molecule has 0 saturated carbocycles. The van der Waals surface area contributed by atoms with Crippen LogP contribution in [0.1, 0.15) is 18.1 Å². The Morgan fingerprint density at radius 2 is 1.28 bits per heavy atom. The number of amidine groups is 1. The van der Waals surface area contributed by atoms with Crippen molar-refractivity contribution in [1.82, 2.24) is 4.90 Å². The van der Waals surface area contributed by atoms with Crippen LogP contribution in [0.5, 0.6) is 0 Å². The van der Waals surface area contributed by atoms with Crippen molar-refractivity contribution in [2.24, 2.45) is 4.99 Å². The lowest BCUT2D eigenvalue weighted by Gasteiger charge is -2.25. The summed E-state index contributed by atoms with van der Waals surface area (Å²) >= 11 is 0. The summed E-state index contributed by atoms with van der Waals surface area (Å²) in [4.78, 5) is 21.3. The van der Waals surface area contributed by atoms with Crippen molar-refractivity contribution in [3.63, 3.8) is 0 Å². The second-order valence-corrected chi connectivity index (χ2v) is 8.34. The fourth-order valence-electron chi connectivity index (χ4n) is 4.12. The van der Waals surface area contributed by atoms with E-state index in [0.29, 0.717) is 19.1 Å². The maximum Gasteiger partial charge on any atom is 0.300 e. The lowest BCUT2D eigenvalue weighted by molar-refractivity contribution is -0.122. The van der Waals surface area contributed by atoms with Gasteiger partial charge < -0.3 is 9.64 Å². The number of anilines is 3. The lowest BCUT2D eigenvalue weighted by atomic mass is 10.1. The van der Waals surface area contributed by atoms with Crippen LogP contribution in [0.15, 0.2) is 126 Å². The molecule has 0 aromatic heterocycles. The number of hydrogen-bond acceptors (Lipinski definition) is 4. The predicted octanol–water partition coefficient (Wildman–Crippen LogP) is 6.93. The molecule has 1 saturated heterocycles. The molecule has 0 N–H and O–H groups in total. The number of amides is 1. The summed E-state index contributed by atoms with van der Waals surface area (Å²) in [6.07, 6.45) is 1.77. The molecule has 0 unspecified atom stereocenters. The highest BCUT2D eigenvalue weighted by molar-refractivity contribution is 6.11. The third-order valence-corrected chi connectivity index (χ3v) is 5.92. The Morgan fingerprint density at radius 1 is 0.750 bits per heavy atom. The molecule has 1 heterocycles. The van der Waals surface area contributed by atoms with E-state index in [-0.39, 0.29) is 11.7 Å². The Morgan fingerprint density at radius 3 is 1.83 bits per heavy atom. The smallest absolute Gasteiger partial charge is 0.300 e. The largest absolute Gasteiger partial charge is 0.420 e. The first-order valence-corrected chi connectivity index (χ1v) is 12.0. The second-order valence-electron chi connectivity index (χ2n) is 8.34. The lowest BCUT2D eigenvalue weighted by Crippen LogP contribution is -2.29. The van der Waals surface area contributed by atoms with E-state index >= 15 is 0 Å². The van der Waals surface area contributed by atoms with Crippen LogP contribution in [0.2, 0.25) is 0 Å². The van der Waals surface area contributed by atoms with Crippen molar-refractivity contribution >= 4 is 35.1 Å². The van der Waals surface area contributed by atoms with Crippen LogP contribution < -0.4 is 4.90 Å². The van der Waals surface area contributed by atoms with Crippen LogP contribution in [0, 0.1) is 0 Å². The molecular formula is C31H27N3O2. The molecule has 178 valence electrons. The molecule has 0 spiro atoms. The summed E-state index contributed by atoms with van der Waals surface area (Å²) in [5.74, 6) is 0.1000. The van der Waals surface area contributed by atoms with Crippen molar-refractivity contribution in [3.8, 4) is 0 Å². The first-order chi connectivity index (χ1) is 17.7. The molecule has 1 aliphatic rings. The van der Waals surface area contributed by atoms with Gasteiger partial charge in [0.1, 0.15) is 0 Å². The monoisotopic (exact) mass is 473 g/mol. The minimum atomic E-state index is -0.177. The summed E-state index contributed by atoms with van der Waals surface area (Å²) < 4.78 is 5.90. The summed E-state index contributed by atoms with van der Waals surface area (Å²) in [5.41, 5.74) is 5.10. The number of rotatable bonds is 7. The molecule has 0 radical (unpaired) electrons. The highest BCUT2D eigenvalue weighted by Crippen LogP contribution is 2.34. The van der Waals surface area contributed by atoms with Crippen molar-refractivity contribution in [1.29, 1.82) is 0 Å². The Bertz CT molecular complexity index is 1330. The van der Waals surface area contributed by atoms with Gasteiger partial charge in [-0.15, -0.1) is 0 Å². The van der Waals surface area contributed by atoms with Crippen LogP contribution in [0.4, 0.5) is 17.1 Å². The highest BCUT2D eigenvalue weighted by atomic mass is 16.5. The number of carbonyl (C=O) groups is 1. The van der Waals surface area contributed by atoms with E-state index in [1.807, 2.05) is 97.9 Å². The van der Waals surface area contributed by atoms with E-state index in [0.717, 1.165) is 28.2 Å². The quantitative estimate of drug-likeness (QED) is 0.273. The molecule has 4 aromatic rings. The van der Waals surface area contributed by atoms with Gasteiger partial charge in [0.25, 0.3) is 5.91 Å². The van der Waals surface area contributed by atoms with E-state index in [2.05, 4.69) is 34.2 Å². The molecule has 0 aliphatic carbocycles. The normalized spacial score (nSPS) is 15.4. The number of aliphatic imine (C=N–C) groups is 1. The van der Waals surface area contributed by atoms with Gasteiger partial charge in [-0.3, -0.25) is 9.69 Å². The summed E-state index contributed by atoms with van der Waals surface area (Å²) in [6.45, 7) is 2.86. The molecule has 4 aromatic carbocycles. The third kappa shape index (κ3) is 5.05. The Hall–Kier alpha value is -4.64. The molecule has 1 amide bonds. The summed E-state index contributed by atoms with van der Waals surface area (Å²) in [5, 5.41) is 0. The zero-order valence-electron chi connectivity index (χ0n) is 20.1. The van der Waals surface area contributed by atoms with Crippen molar-refractivity contribution in [3.05, 3.63) is 132 Å². The molecule has 1 fully saturated rings. The Kier molecular flexibility index (Phi) is 6.90. The van der Waals surface area contributed by atoms with Crippen molar-refractivity contribution < 1.29 is 9.53 Å². The van der Waals surface area contributed by atoms with Crippen LogP contribution in [0.25, 0.3) is 6.08 Å². The van der Waals surface area contributed by atoms with Gasteiger partial charge in [0.05, 0.1) is 6.54 Å². The maximum absolute atomic E-state index is 13.0. The van der Waals surface area contributed by atoms with Crippen LogP contribution in [-0.2, 0) is 16.1 Å². The molecule has 1 aliphatic heterocycles. The minimum absolute atomic E-state index is 0.177. The van der Waals surface area contributed by atoms with E-state index in [4.69, 9.17) is 4.74 Å². The van der Waals surface area contributed by atoms with Gasteiger partial charge in [0.2, 0.25) is 0 Å². The highest BCUT2D eigenvalue weighted by Gasteiger charge is 2.33. The number of likely N-dealkylation sites (N-methyl/N-ethyl adjacent to an activating group) is 1. The van der Waals surface area contributed by atoms with E-state index in [1.54, 1.807) is 11.0 Å². The third-order valence-electron chi connectivity index (χ3n) is 5.92. The van der Waals surface area contributed by atoms with Crippen LogP contribution in [-0.4, -0.2) is 23.4 Å². The average Bonchev–Trinajstić information content (AvgIpc) is 3.24. The number of nitrogens with zero attached hydrogens (tertiary/aromatic N) is 3. The Balaban J connectivity index is 1.39. The first kappa shape index (κ1) is 23.1. The Labute approximate surface area is 211 Å². The molecule has 5 rings (SSSR count). The van der Waals surface area contributed by atoms with Crippen molar-refractivity contribution in [2.45, 2.75) is 13.5 Å². The van der Waals surface area contributed by atoms with Gasteiger partial charge in [-0.1, -0.05) is 78.9 Å². The molecule has 0 atom stereocenters. The minimum Gasteiger partial charge on any atom is -0.420 e. The number of benzene rings is 4. The fourth-order valence-corrected chi connectivity index (χ4v) is 4.12. The van der Waals surface area contributed by atoms with E-state index in [9.17, 15) is 4.79 Å². The number of ether oxygens (including phenoxy) is 1. The van der Waals surface area contributed by atoms with Gasteiger partial charge in [0, 0.05) is 23.6 Å². The molecule has 36 heavy (non-hydrogen) atoms. The SMILES string of the molecule is CCN1C(=O)C(=Cc2ccc(N(c3ccccc3)c3ccccc3)cc2)OC1=NCc1ccccc1. The molecule has 5 heteroatoms. The van der Waals surface area contributed by atoms with Gasteiger partial charge in [-0.05, 0) is 60.5 Å². The number of hydrogen-bond donors (Lipinski definition) is 0. The summed E-state index contributed by atoms with van der Waals surface area (Å²) in [7, 11) is 0. The van der Waals surface area contributed by atoms with Gasteiger partial charge in [0.15, 0.2) is 5.76 Å². The zero-order valence-corrected chi connectivity index (χ0v) is 20.1. The summed E-state index contributed by atoms with van der Waals surface area (Å²) in [6, 6.07) is 38.8. The van der Waals surface area contributed by atoms with Gasteiger partial charge in [-0.25, -0.2) is 4.99 Å². The second kappa shape index (κ2) is 10.7. The fraction of sp³-hybridized carbons (Fsp3) is 0.0968. The zero-order chi connectivity index (χ0) is 24.7. The first-order valence-electron chi connectivity index (χ1n) is 12.0. The van der Waals surface area contributed by atoms with Gasteiger partial charge in [-0.2, -0.15) is 0 Å². The molecule has 5 nitrogen and oxygen atoms in total. The van der Waals surface area contributed by atoms with Crippen LogP contribution in [0.3, 0.4) is 0 Å². The predicted molar refractivity (Wildman–Crippen MR) is 145 cm³/mol. The van der Waals surface area contributed by atoms with E-state index in [1.165, 1.54) is 0 Å². The average molecular weight is 474 g/mol. The number of carbonyl (C=O) groups excluding carboxylic acids is 1. The topological polar surface area (TPSA) is 45.1 Å². The molecule has 0 bridgehead atoms. The van der Waals surface area contributed by atoms with Crippen LogP contribution >= 0.6 is 0 Å². The molecular weight excluding hydrogens is 446 g/mol. The standard InChI is InChI=1S/C31H27N3O2/c1-2-33-30(35)29(36-31(33)32-23-25-12-6-3-7-13-25)22-24-18-20-28(21-19-24)34(26-14-8-4-9-15-26)27-16-10-5-11-17-27/h3-22H,2,23H2,1H3. The van der Waals surface area contributed by atoms with Crippen molar-refractivity contribution in [2.75, 3.05) is 11.4 Å².